The number of methoxy groups -OCH3 is 1. The number of rotatable bonds is 6. The van der Waals surface area contributed by atoms with Crippen LogP contribution in [0.1, 0.15) is 42.9 Å². The minimum Gasteiger partial charge on any atom is -0.468 e. The van der Waals surface area contributed by atoms with Crippen LogP contribution in [0.3, 0.4) is 0 Å². The van der Waals surface area contributed by atoms with Crippen LogP contribution in [0.25, 0.3) is 0 Å². The molecule has 1 aromatic carbocycles. The Morgan fingerprint density at radius 2 is 2.08 bits per heavy atom. The molecule has 0 aromatic heterocycles. The molecule has 1 aliphatic carbocycles. The smallest absolute Gasteiger partial charge is 0.327 e. The van der Waals surface area contributed by atoms with Crippen molar-refractivity contribution in [3.8, 4) is 6.07 Å². The SMILES string of the molecule is COC(=O)C(c1cccc(C#N)c1)N1CCC(OCC2CC2)CC1. The van der Waals surface area contributed by atoms with Gasteiger partial charge in [0.2, 0.25) is 0 Å². The average molecular weight is 328 g/mol. The number of hydrogen-bond donors (Lipinski definition) is 0. The molecule has 0 bridgehead atoms. The van der Waals surface area contributed by atoms with Gasteiger partial charge >= 0.3 is 5.97 Å². The molecule has 1 heterocycles. The highest BCUT2D eigenvalue weighted by molar-refractivity contribution is 5.77. The van der Waals surface area contributed by atoms with Crippen molar-refractivity contribution in [2.24, 2.45) is 5.92 Å². The van der Waals surface area contributed by atoms with E-state index in [1.165, 1.54) is 20.0 Å². The molecule has 1 aliphatic heterocycles. The second-order valence-corrected chi connectivity index (χ2v) is 6.67. The summed E-state index contributed by atoms with van der Waals surface area (Å²) in [4.78, 5) is 14.5. The number of carbonyl (C=O) groups is 1. The number of benzene rings is 1. The van der Waals surface area contributed by atoms with Gasteiger partial charge in [-0.05, 0) is 49.3 Å². The topological polar surface area (TPSA) is 62.6 Å². The molecule has 1 unspecified atom stereocenters. The average Bonchev–Trinajstić information content (AvgIpc) is 3.45. The summed E-state index contributed by atoms with van der Waals surface area (Å²) in [5, 5.41) is 9.10. The molecule has 0 N–H and O–H groups in total. The normalized spacial score (nSPS) is 20.3. The summed E-state index contributed by atoms with van der Waals surface area (Å²) in [6, 6.07) is 8.90. The van der Waals surface area contributed by atoms with Gasteiger partial charge in [-0.2, -0.15) is 5.26 Å². The molecule has 0 spiro atoms. The third-order valence-electron chi connectivity index (χ3n) is 4.86. The number of nitriles is 1. The van der Waals surface area contributed by atoms with Crippen LogP contribution in [0.15, 0.2) is 24.3 Å². The first-order valence-corrected chi connectivity index (χ1v) is 8.65. The quantitative estimate of drug-likeness (QED) is 0.751. The summed E-state index contributed by atoms with van der Waals surface area (Å²) < 4.78 is 11.0. The summed E-state index contributed by atoms with van der Waals surface area (Å²) in [6.07, 6.45) is 4.76. The fourth-order valence-corrected chi connectivity index (χ4v) is 3.24. The maximum absolute atomic E-state index is 12.3. The van der Waals surface area contributed by atoms with E-state index in [4.69, 9.17) is 14.7 Å². The van der Waals surface area contributed by atoms with Gasteiger partial charge in [-0.15, -0.1) is 0 Å². The predicted octanol–water partition coefficient (Wildman–Crippen LogP) is 2.66. The minimum atomic E-state index is -0.451. The molecule has 2 fully saturated rings. The van der Waals surface area contributed by atoms with Gasteiger partial charge in [0.05, 0.1) is 24.8 Å². The zero-order valence-electron chi connectivity index (χ0n) is 14.1. The van der Waals surface area contributed by atoms with Crippen molar-refractivity contribution in [3.63, 3.8) is 0 Å². The predicted molar refractivity (Wildman–Crippen MR) is 89.2 cm³/mol. The zero-order valence-corrected chi connectivity index (χ0v) is 14.1. The molecule has 2 aliphatic rings. The van der Waals surface area contributed by atoms with Gasteiger partial charge in [0.25, 0.3) is 0 Å². The van der Waals surface area contributed by atoms with Gasteiger partial charge in [0.15, 0.2) is 0 Å². The Hall–Kier alpha value is -1.90. The maximum atomic E-state index is 12.3. The lowest BCUT2D eigenvalue weighted by atomic mass is 9.99. The van der Waals surface area contributed by atoms with Crippen LogP contribution in [-0.4, -0.2) is 43.8 Å². The van der Waals surface area contributed by atoms with Gasteiger partial charge in [-0.1, -0.05) is 12.1 Å². The van der Waals surface area contributed by atoms with E-state index in [0.29, 0.717) is 11.7 Å². The lowest BCUT2D eigenvalue weighted by Crippen LogP contribution is -2.42. The fourth-order valence-electron chi connectivity index (χ4n) is 3.24. The number of carbonyl (C=O) groups excluding carboxylic acids is 1. The van der Waals surface area contributed by atoms with Crippen molar-refractivity contribution < 1.29 is 14.3 Å². The molecule has 128 valence electrons. The standard InChI is InChI=1S/C19H24N2O3/c1-23-19(22)18(16-4-2-3-15(11-16)12-20)21-9-7-17(8-10-21)24-13-14-5-6-14/h2-4,11,14,17-18H,5-10,13H2,1H3. The van der Waals surface area contributed by atoms with Crippen molar-refractivity contribution in [3.05, 3.63) is 35.4 Å². The molecule has 1 atom stereocenters. The number of nitrogens with zero attached hydrogens (tertiary/aromatic N) is 2. The molecule has 1 aromatic rings. The third-order valence-corrected chi connectivity index (χ3v) is 4.86. The van der Waals surface area contributed by atoms with E-state index in [-0.39, 0.29) is 5.97 Å². The number of hydrogen-bond acceptors (Lipinski definition) is 5. The van der Waals surface area contributed by atoms with Crippen molar-refractivity contribution in [2.45, 2.75) is 37.8 Å². The van der Waals surface area contributed by atoms with Crippen molar-refractivity contribution >= 4 is 5.97 Å². The number of piperidine rings is 1. The number of esters is 1. The molecule has 24 heavy (non-hydrogen) atoms. The van der Waals surface area contributed by atoms with Crippen molar-refractivity contribution in [1.29, 1.82) is 5.26 Å². The van der Waals surface area contributed by atoms with E-state index in [0.717, 1.165) is 44.0 Å². The second kappa shape index (κ2) is 7.78. The molecule has 5 nitrogen and oxygen atoms in total. The Bertz CT molecular complexity index is 613. The van der Waals surface area contributed by atoms with Gasteiger partial charge in [-0.3, -0.25) is 4.90 Å². The zero-order chi connectivity index (χ0) is 16.9. The summed E-state index contributed by atoms with van der Waals surface area (Å²) in [6.45, 7) is 2.48. The monoisotopic (exact) mass is 328 g/mol. The Morgan fingerprint density at radius 1 is 1.33 bits per heavy atom. The summed E-state index contributed by atoms with van der Waals surface area (Å²) in [5.74, 6) is 0.502. The largest absolute Gasteiger partial charge is 0.468 e. The van der Waals surface area contributed by atoms with E-state index in [9.17, 15) is 4.79 Å². The van der Waals surface area contributed by atoms with Crippen LogP contribution in [0.2, 0.25) is 0 Å². The van der Waals surface area contributed by atoms with E-state index in [1.807, 2.05) is 12.1 Å². The van der Waals surface area contributed by atoms with Crippen molar-refractivity contribution in [1.82, 2.24) is 4.90 Å². The molecular formula is C19H24N2O3. The van der Waals surface area contributed by atoms with Crippen LogP contribution in [0.5, 0.6) is 0 Å². The molecule has 0 amide bonds. The summed E-state index contributed by atoms with van der Waals surface area (Å²) in [5.41, 5.74) is 1.38. The molecule has 1 saturated heterocycles. The Labute approximate surface area is 143 Å². The molecule has 5 heteroatoms. The maximum Gasteiger partial charge on any atom is 0.327 e. The first kappa shape index (κ1) is 16.9. The number of likely N-dealkylation sites (tertiary alicyclic amines) is 1. The number of ether oxygens (including phenoxy) is 2. The van der Waals surface area contributed by atoms with Crippen LogP contribution >= 0.6 is 0 Å². The lowest BCUT2D eigenvalue weighted by Gasteiger charge is -2.36. The fraction of sp³-hybridized carbons (Fsp3) is 0.579. The van der Waals surface area contributed by atoms with E-state index < -0.39 is 6.04 Å². The van der Waals surface area contributed by atoms with Gasteiger partial charge in [-0.25, -0.2) is 4.79 Å². The molecule has 1 saturated carbocycles. The molecule has 3 rings (SSSR count). The highest BCUT2D eigenvalue weighted by Crippen LogP contribution is 2.31. The first-order chi connectivity index (χ1) is 11.7. The summed E-state index contributed by atoms with van der Waals surface area (Å²) >= 11 is 0. The Balaban J connectivity index is 1.65. The van der Waals surface area contributed by atoms with Crippen LogP contribution in [-0.2, 0) is 14.3 Å². The van der Waals surface area contributed by atoms with Crippen LogP contribution < -0.4 is 0 Å². The Kier molecular flexibility index (Phi) is 5.49. The molecular weight excluding hydrogens is 304 g/mol. The van der Waals surface area contributed by atoms with Crippen LogP contribution in [0, 0.1) is 17.2 Å². The first-order valence-electron chi connectivity index (χ1n) is 8.65. The highest BCUT2D eigenvalue weighted by atomic mass is 16.5. The van der Waals surface area contributed by atoms with Crippen molar-refractivity contribution in [2.75, 3.05) is 26.8 Å². The summed E-state index contributed by atoms with van der Waals surface area (Å²) in [7, 11) is 1.41. The highest BCUT2D eigenvalue weighted by Gasteiger charge is 2.33. The Morgan fingerprint density at radius 3 is 2.71 bits per heavy atom. The lowest BCUT2D eigenvalue weighted by molar-refractivity contribution is -0.148. The van der Waals surface area contributed by atoms with E-state index in [2.05, 4.69) is 11.0 Å². The third kappa shape index (κ3) is 4.14. The molecule has 0 radical (unpaired) electrons. The minimum absolute atomic E-state index is 0.276. The second-order valence-electron chi connectivity index (χ2n) is 6.67. The van der Waals surface area contributed by atoms with Gasteiger partial charge in [0.1, 0.15) is 6.04 Å². The van der Waals surface area contributed by atoms with E-state index >= 15 is 0 Å². The van der Waals surface area contributed by atoms with Crippen LogP contribution in [0.4, 0.5) is 0 Å². The van der Waals surface area contributed by atoms with Gasteiger partial charge in [0, 0.05) is 19.7 Å². The van der Waals surface area contributed by atoms with E-state index in [1.54, 1.807) is 12.1 Å². The van der Waals surface area contributed by atoms with Gasteiger partial charge < -0.3 is 9.47 Å².